The molecule has 1 aliphatic rings. The number of primary amides is 1. The quantitative estimate of drug-likeness (QED) is 0.686. The fourth-order valence-corrected chi connectivity index (χ4v) is 3.24. The van der Waals surface area contributed by atoms with Crippen LogP contribution in [0.25, 0.3) is 0 Å². The molecule has 1 amide bonds. The lowest BCUT2D eigenvalue weighted by atomic mass is 9.80. The van der Waals surface area contributed by atoms with Gasteiger partial charge < -0.3 is 20.1 Å². The summed E-state index contributed by atoms with van der Waals surface area (Å²) >= 11 is 0. The molecule has 1 heterocycles. The average molecular weight is 359 g/mol. The molecular formula is C21H18BNO4. The fourth-order valence-electron chi connectivity index (χ4n) is 3.24. The summed E-state index contributed by atoms with van der Waals surface area (Å²) in [7, 11) is -0.874. The highest BCUT2D eigenvalue weighted by Crippen LogP contribution is 2.27. The molecule has 0 radical (unpaired) electrons. The zero-order valence-electron chi connectivity index (χ0n) is 14.6. The molecule has 27 heavy (non-hydrogen) atoms. The largest absolute Gasteiger partial charge is 0.491 e. The van der Waals surface area contributed by atoms with Crippen molar-refractivity contribution in [1.82, 2.24) is 0 Å². The molecule has 3 aromatic rings. The van der Waals surface area contributed by atoms with Gasteiger partial charge in [0.25, 0.3) is 0 Å². The maximum atomic E-state index is 11.8. The maximum Gasteiger partial charge on any atom is 0.491 e. The average Bonchev–Trinajstić information content (AvgIpc) is 3.03. The Morgan fingerprint density at radius 1 is 1.07 bits per heavy atom. The molecule has 0 spiro atoms. The minimum Gasteiger partial charge on any atom is -0.457 e. The Labute approximate surface area is 157 Å². The molecule has 0 aliphatic carbocycles. The van der Waals surface area contributed by atoms with E-state index in [1.165, 1.54) is 0 Å². The topological polar surface area (TPSA) is 81.8 Å². The Kier molecular flexibility index (Phi) is 4.67. The lowest BCUT2D eigenvalue weighted by molar-refractivity contribution is 0.0999. The van der Waals surface area contributed by atoms with Crippen LogP contribution in [0.3, 0.4) is 0 Å². The molecule has 0 atom stereocenters. The number of carbonyl (C=O) groups is 1. The number of hydrogen-bond donors (Lipinski definition) is 2. The van der Waals surface area contributed by atoms with Gasteiger partial charge in [0.1, 0.15) is 11.5 Å². The van der Waals surface area contributed by atoms with Crippen molar-refractivity contribution in [2.45, 2.75) is 13.0 Å². The molecule has 0 saturated carbocycles. The van der Waals surface area contributed by atoms with E-state index in [2.05, 4.69) is 0 Å². The van der Waals surface area contributed by atoms with Crippen LogP contribution in [-0.4, -0.2) is 18.0 Å². The number of fused-ring (bicyclic) bond motifs is 1. The Bertz CT molecular complexity index is 991. The van der Waals surface area contributed by atoms with E-state index in [4.69, 9.17) is 15.1 Å². The molecule has 6 heteroatoms. The Morgan fingerprint density at radius 3 is 2.59 bits per heavy atom. The zero-order chi connectivity index (χ0) is 18.8. The molecule has 3 aromatic carbocycles. The van der Waals surface area contributed by atoms with E-state index in [0.29, 0.717) is 30.1 Å². The van der Waals surface area contributed by atoms with E-state index in [9.17, 15) is 9.82 Å². The molecule has 134 valence electrons. The second kappa shape index (κ2) is 7.27. The van der Waals surface area contributed by atoms with Crippen molar-refractivity contribution in [2.75, 3.05) is 0 Å². The first-order valence-electron chi connectivity index (χ1n) is 8.67. The van der Waals surface area contributed by atoms with Gasteiger partial charge in [0, 0.05) is 5.56 Å². The number of carbonyl (C=O) groups excluding carboxylic acids is 1. The van der Waals surface area contributed by atoms with Crippen molar-refractivity contribution in [3.05, 3.63) is 89.0 Å². The van der Waals surface area contributed by atoms with Gasteiger partial charge >= 0.3 is 7.12 Å². The number of ether oxygens (including phenoxy) is 1. The summed E-state index contributed by atoms with van der Waals surface area (Å²) in [5, 5.41) is 9.71. The molecular weight excluding hydrogens is 341 g/mol. The first-order chi connectivity index (χ1) is 13.1. The van der Waals surface area contributed by atoms with E-state index >= 15 is 0 Å². The third kappa shape index (κ3) is 3.72. The van der Waals surface area contributed by atoms with Crippen LogP contribution in [0.15, 0.2) is 66.7 Å². The predicted octanol–water partition coefficient (Wildman–Crippen LogP) is 2.39. The third-order valence-electron chi connectivity index (χ3n) is 4.59. The van der Waals surface area contributed by atoms with E-state index in [1.54, 1.807) is 24.3 Å². The van der Waals surface area contributed by atoms with E-state index < -0.39 is 13.0 Å². The summed E-state index contributed by atoms with van der Waals surface area (Å²) in [6, 6.07) is 20.6. The minimum atomic E-state index is -0.874. The lowest BCUT2D eigenvalue weighted by Crippen LogP contribution is -2.27. The van der Waals surface area contributed by atoms with Crippen molar-refractivity contribution >= 4 is 18.5 Å². The van der Waals surface area contributed by atoms with Gasteiger partial charge in [0.15, 0.2) is 0 Å². The van der Waals surface area contributed by atoms with Crippen molar-refractivity contribution in [1.29, 1.82) is 0 Å². The number of hydrogen-bond acceptors (Lipinski definition) is 4. The van der Waals surface area contributed by atoms with Crippen LogP contribution in [0, 0.1) is 0 Å². The van der Waals surface area contributed by atoms with Crippen LogP contribution in [0.2, 0.25) is 0 Å². The SMILES string of the molecule is NC(=O)c1ccc(Oc2ccc3c(c2)COB3O)cc1Cc1ccccc1. The lowest BCUT2D eigenvalue weighted by Gasteiger charge is -2.12. The second-order valence-corrected chi connectivity index (χ2v) is 6.47. The van der Waals surface area contributed by atoms with E-state index in [0.717, 1.165) is 22.2 Å². The van der Waals surface area contributed by atoms with Crippen LogP contribution in [0.4, 0.5) is 0 Å². The Morgan fingerprint density at radius 2 is 1.81 bits per heavy atom. The van der Waals surface area contributed by atoms with Crippen molar-refractivity contribution < 1.29 is 19.2 Å². The summed E-state index contributed by atoms with van der Waals surface area (Å²) in [5.74, 6) is 0.797. The van der Waals surface area contributed by atoms with Crippen molar-refractivity contribution in [3.63, 3.8) is 0 Å². The number of nitrogens with two attached hydrogens (primary N) is 1. The van der Waals surface area contributed by atoms with Crippen LogP contribution in [0.1, 0.15) is 27.0 Å². The van der Waals surface area contributed by atoms with Gasteiger partial charge in [0.2, 0.25) is 5.91 Å². The molecule has 0 bridgehead atoms. The maximum absolute atomic E-state index is 11.8. The van der Waals surface area contributed by atoms with Gasteiger partial charge in [-0.3, -0.25) is 4.79 Å². The first kappa shape index (κ1) is 17.3. The fraction of sp³-hybridized carbons (Fsp3) is 0.0952. The van der Waals surface area contributed by atoms with E-state index in [-0.39, 0.29) is 0 Å². The summed E-state index contributed by atoms with van der Waals surface area (Å²) in [5.41, 5.74) is 9.57. The van der Waals surface area contributed by atoms with Gasteiger partial charge in [-0.05, 0) is 58.9 Å². The summed E-state index contributed by atoms with van der Waals surface area (Å²) in [6.07, 6.45) is 0.584. The molecule has 0 unspecified atom stereocenters. The van der Waals surface area contributed by atoms with Crippen LogP contribution < -0.4 is 15.9 Å². The normalized spacial score (nSPS) is 12.7. The second-order valence-electron chi connectivity index (χ2n) is 6.47. The van der Waals surface area contributed by atoms with Crippen LogP contribution >= 0.6 is 0 Å². The predicted molar refractivity (Wildman–Crippen MR) is 103 cm³/mol. The highest BCUT2D eigenvalue weighted by atomic mass is 16.5. The monoisotopic (exact) mass is 359 g/mol. The van der Waals surface area contributed by atoms with Crippen LogP contribution in [0.5, 0.6) is 11.5 Å². The molecule has 3 N–H and O–H groups in total. The molecule has 4 rings (SSSR count). The molecule has 5 nitrogen and oxygen atoms in total. The van der Waals surface area contributed by atoms with Gasteiger partial charge in [0.05, 0.1) is 6.61 Å². The van der Waals surface area contributed by atoms with Crippen LogP contribution in [-0.2, 0) is 17.7 Å². The highest BCUT2D eigenvalue weighted by molar-refractivity contribution is 6.61. The third-order valence-corrected chi connectivity index (χ3v) is 4.59. The van der Waals surface area contributed by atoms with Crippen molar-refractivity contribution in [2.24, 2.45) is 5.73 Å². The van der Waals surface area contributed by atoms with Gasteiger partial charge in [-0.25, -0.2) is 0 Å². The highest BCUT2D eigenvalue weighted by Gasteiger charge is 2.27. The number of amides is 1. The molecule has 1 aliphatic heterocycles. The zero-order valence-corrected chi connectivity index (χ0v) is 14.6. The number of rotatable bonds is 5. The molecule has 0 saturated heterocycles. The smallest absolute Gasteiger partial charge is 0.457 e. The first-order valence-corrected chi connectivity index (χ1v) is 8.67. The minimum absolute atomic E-state index is 0.355. The standard InChI is InChI=1S/C21H18BNO4/c23-21(24)19-8-6-17(11-15(19)10-14-4-2-1-3-5-14)27-18-7-9-20-16(12-18)13-26-22(20)25/h1-9,11-12,25H,10,13H2,(H2,23,24). The molecule has 0 fully saturated rings. The number of benzene rings is 3. The summed E-state index contributed by atoms with van der Waals surface area (Å²) in [4.78, 5) is 11.8. The van der Waals surface area contributed by atoms with Gasteiger partial charge in [-0.2, -0.15) is 0 Å². The summed E-state index contributed by atoms with van der Waals surface area (Å²) in [6.45, 7) is 0.355. The molecule has 0 aromatic heterocycles. The van der Waals surface area contributed by atoms with E-state index in [1.807, 2.05) is 42.5 Å². The Balaban J connectivity index is 1.62. The van der Waals surface area contributed by atoms with Crippen molar-refractivity contribution in [3.8, 4) is 11.5 Å². The summed E-state index contributed by atoms with van der Waals surface area (Å²) < 4.78 is 11.2. The Hall–Kier alpha value is -3.09. The van der Waals surface area contributed by atoms with Gasteiger partial charge in [-0.15, -0.1) is 0 Å². The van der Waals surface area contributed by atoms with Gasteiger partial charge in [-0.1, -0.05) is 36.4 Å².